The van der Waals surface area contributed by atoms with E-state index in [0.717, 1.165) is 36.7 Å². The molecular formula is C14H21N3O3S2. The third-order valence-corrected chi connectivity index (χ3v) is 7.36. The first kappa shape index (κ1) is 15.9. The molecule has 122 valence electrons. The van der Waals surface area contributed by atoms with Crippen molar-refractivity contribution >= 4 is 27.3 Å². The van der Waals surface area contributed by atoms with Gasteiger partial charge in [-0.3, -0.25) is 4.79 Å². The maximum atomic E-state index is 13.0. The highest BCUT2D eigenvalue weighted by Crippen LogP contribution is 2.33. The number of rotatable bonds is 3. The highest BCUT2D eigenvalue weighted by Gasteiger charge is 2.40. The molecule has 1 aromatic rings. The second-order valence-electron chi connectivity index (χ2n) is 5.99. The predicted molar refractivity (Wildman–Crippen MR) is 85.7 cm³/mol. The highest BCUT2D eigenvalue weighted by atomic mass is 32.2. The van der Waals surface area contributed by atoms with Crippen LogP contribution >= 0.6 is 11.3 Å². The van der Waals surface area contributed by atoms with Gasteiger partial charge in [0.1, 0.15) is 9.77 Å². The van der Waals surface area contributed by atoms with E-state index < -0.39 is 10.0 Å². The van der Waals surface area contributed by atoms with Gasteiger partial charge in [0.2, 0.25) is 10.0 Å². The highest BCUT2D eigenvalue weighted by molar-refractivity contribution is 7.89. The molecule has 0 spiro atoms. The third kappa shape index (κ3) is 2.58. The van der Waals surface area contributed by atoms with E-state index in [1.165, 1.54) is 31.5 Å². The zero-order valence-corrected chi connectivity index (χ0v) is 14.4. The van der Waals surface area contributed by atoms with E-state index in [1.54, 1.807) is 5.38 Å². The molecule has 8 heteroatoms. The summed E-state index contributed by atoms with van der Waals surface area (Å²) in [5.41, 5.74) is 0. The van der Waals surface area contributed by atoms with Crippen LogP contribution in [-0.4, -0.2) is 62.8 Å². The fourth-order valence-electron chi connectivity index (χ4n) is 3.28. The summed E-state index contributed by atoms with van der Waals surface area (Å²) in [6.45, 7) is 1.71. The van der Waals surface area contributed by atoms with E-state index in [4.69, 9.17) is 0 Å². The van der Waals surface area contributed by atoms with Gasteiger partial charge in [-0.1, -0.05) is 0 Å². The summed E-state index contributed by atoms with van der Waals surface area (Å²) < 4.78 is 26.0. The van der Waals surface area contributed by atoms with Gasteiger partial charge in [0.25, 0.3) is 5.91 Å². The van der Waals surface area contributed by atoms with Gasteiger partial charge in [-0.05, 0) is 37.3 Å². The number of sulfonamides is 1. The first-order chi connectivity index (χ1) is 10.4. The van der Waals surface area contributed by atoms with Crippen LogP contribution in [0.1, 0.15) is 28.9 Å². The molecule has 0 aromatic carbocycles. The van der Waals surface area contributed by atoms with Crippen LogP contribution in [0.3, 0.4) is 0 Å². The minimum Gasteiger partial charge on any atom is -0.331 e. The Kier molecular flexibility index (Phi) is 4.28. The molecule has 0 aliphatic carbocycles. The van der Waals surface area contributed by atoms with Gasteiger partial charge >= 0.3 is 0 Å². The van der Waals surface area contributed by atoms with Gasteiger partial charge in [0.15, 0.2) is 0 Å². The molecule has 2 atom stereocenters. The Morgan fingerprint density at radius 3 is 2.77 bits per heavy atom. The number of carbonyl (C=O) groups is 1. The number of amides is 1. The number of fused-ring (bicyclic) bond motifs is 2. The summed E-state index contributed by atoms with van der Waals surface area (Å²) in [5, 5.41) is 5.04. The molecule has 0 radical (unpaired) electrons. The SMILES string of the molecule is CN(C)S(=O)(=O)c1ccsc1C(=O)N1C2CCNCC1CC2. The second kappa shape index (κ2) is 5.92. The molecule has 1 aromatic heterocycles. The summed E-state index contributed by atoms with van der Waals surface area (Å²) in [5.74, 6) is -0.133. The van der Waals surface area contributed by atoms with Crippen molar-refractivity contribution in [3.05, 3.63) is 16.3 Å². The summed E-state index contributed by atoms with van der Waals surface area (Å²) in [7, 11) is -0.617. The maximum absolute atomic E-state index is 13.0. The van der Waals surface area contributed by atoms with Crippen molar-refractivity contribution in [2.24, 2.45) is 0 Å². The van der Waals surface area contributed by atoms with E-state index in [0.29, 0.717) is 4.88 Å². The molecule has 0 saturated carbocycles. The van der Waals surface area contributed by atoms with Crippen molar-refractivity contribution in [2.45, 2.75) is 36.2 Å². The molecule has 1 N–H and O–H groups in total. The van der Waals surface area contributed by atoms with Crippen LogP contribution in [0.2, 0.25) is 0 Å². The van der Waals surface area contributed by atoms with Crippen LogP contribution in [0, 0.1) is 0 Å². The Morgan fingerprint density at radius 1 is 1.32 bits per heavy atom. The van der Waals surface area contributed by atoms with E-state index in [1.807, 2.05) is 4.90 Å². The molecule has 2 saturated heterocycles. The largest absolute Gasteiger partial charge is 0.331 e. The first-order valence-corrected chi connectivity index (χ1v) is 9.78. The standard InChI is InChI=1S/C14H21N3O3S2/c1-16(2)22(19,20)12-6-8-21-13(12)14(18)17-10-3-4-11(17)9-15-7-5-10/h6,8,10-11,15H,3-5,7,9H2,1-2H3. The Labute approximate surface area is 135 Å². The summed E-state index contributed by atoms with van der Waals surface area (Å²) >= 11 is 1.22. The topological polar surface area (TPSA) is 69.7 Å². The number of nitrogens with one attached hydrogen (secondary N) is 1. The summed E-state index contributed by atoms with van der Waals surface area (Å²) in [6.07, 6.45) is 2.94. The summed E-state index contributed by atoms with van der Waals surface area (Å²) in [4.78, 5) is 15.4. The lowest BCUT2D eigenvalue weighted by Crippen LogP contribution is -2.42. The number of nitrogens with zero attached hydrogens (tertiary/aromatic N) is 2. The van der Waals surface area contributed by atoms with E-state index in [2.05, 4.69) is 5.32 Å². The minimum atomic E-state index is -3.59. The summed E-state index contributed by atoms with van der Waals surface area (Å²) in [6, 6.07) is 1.94. The van der Waals surface area contributed by atoms with Crippen LogP contribution < -0.4 is 5.32 Å². The normalized spacial score (nSPS) is 25.5. The Balaban J connectivity index is 1.96. The number of hydrogen-bond donors (Lipinski definition) is 1. The van der Waals surface area contributed by atoms with Crippen molar-refractivity contribution in [1.29, 1.82) is 0 Å². The first-order valence-electron chi connectivity index (χ1n) is 7.46. The number of hydrogen-bond acceptors (Lipinski definition) is 5. The van der Waals surface area contributed by atoms with Crippen LogP contribution in [0.5, 0.6) is 0 Å². The monoisotopic (exact) mass is 343 g/mol. The van der Waals surface area contributed by atoms with E-state index >= 15 is 0 Å². The van der Waals surface area contributed by atoms with Crippen LogP contribution in [0.4, 0.5) is 0 Å². The molecule has 2 unspecified atom stereocenters. The molecule has 3 rings (SSSR count). The maximum Gasteiger partial charge on any atom is 0.265 e. The van der Waals surface area contributed by atoms with Gasteiger partial charge in [0.05, 0.1) is 0 Å². The van der Waals surface area contributed by atoms with Crippen LogP contribution in [0.25, 0.3) is 0 Å². The Morgan fingerprint density at radius 2 is 2.05 bits per heavy atom. The average Bonchev–Trinajstić information content (AvgIpc) is 3.02. The van der Waals surface area contributed by atoms with E-state index in [-0.39, 0.29) is 22.9 Å². The van der Waals surface area contributed by atoms with Gasteiger partial charge in [0, 0.05) is 32.7 Å². The lowest BCUT2D eigenvalue weighted by molar-refractivity contribution is 0.0681. The zero-order valence-electron chi connectivity index (χ0n) is 12.8. The number of carbonyl (C=O) groups excluding carboxylic acids is 1. The predicted octanol–water partition coefficient (Wildman–Crippen LogP) is 0.965. The molecule has 22 heavy (non-hydrogen) atoms. The van der Waals surface area contributed by atoms with Gasteiger partial charge in [-0.2, -0.15) is 0 Å². The van der Waals surface area contributed by atoms with Crippen molar-refractivity contribution in [3.63, 3.8) is 0 Å². The van der Waals surface area contributed by atoms with Gasteiger partial charge < -0.3 is 10.2 Å². The zero-order chi connectivity index (χ0) is 15.9. The molecule has 2 fully saturated rings. The smallest absolute Gasteiger partial charge is 0.265 e. The molecule has 3 heterocycles. The molecule has 6 nitrogen and oxygen atoms in total. The van der Waals surface area contributed by atoms with Crippen molar-refractivity contribution < 1.29 is 13.2 Å². The van der Waals surface area contributed by atoms with Crippen molar-refractivity contribution in [3.8, 4) is 0 Å². The number of thiophene rings is 1. The quantitative estimate of drug-likeness (QED) is 0.888. The second-order valence-corrected chi connectivity index (χ2v) is 9.03. The van der Waals surface area contributed by atoms with E-state index in [9.17, 15) is 13.2 Å². The van der Waals surface area contributed by atoms with Gasteiger partial charge in [-0.15, -0.1) is 11.3 Å². The molecule has 2 aliphatic heterocycles. The van der Waals surface area contributed by atoms with Crippen LogP contribution in [-0.2, 0) is 10.0 Å². The lowest BCUT2D eigenvalue weighted by atomic mass is 10.1. The lowest BCUT2D eigenvalue weighted by Gasteiger charge is -2.28. The van der Waals surface area contributed by atoms with Crippen LogP contribution in [0.15, 0.2) is 16.3 Å². The fourth-order valence-corrected chi connectivity index (χ4v) is 5.52. The van der Waals surface area contributed by atoms with Crippen molar-refractivity contribution in [2.75, 3.05) is 27.2 Å². The Bertz CT molecular complexity index is 655. The minimum absolute atomic E-state index is 0.129. The van der Waals surface area contributed by atoms with Crippen molar-refractivity contribution in [1.82, 2.24) is 14.5 Å². The molecule has 2 aliphatic rings. The molecule has 2 bridgehead atoms. The average molecular weight is 343 g/mol. The van der Waals surface area contributed by atoms with Gasteiger partial charge in [-0.25, -0.2) is 12.7 Å². The Hall–Kier alpha value is -0.960. The fraction of sp³-hybridized carbons (Fsp3) is 0.643. The third-order valence-electron chi connectivity index (χ3n) is 4.47. The molecule has 1 amide bonds. The molecular weight excluding hydrogens is 322 g/mol.